The van der Waals surface area contributed by atoms with E-state index in [-0.39, 0.29) is 16.6 Å². The molecule has 0 radical (unpaired) electrons. The van der Waals surface area contributed by atoms with Crippen molar-refractivity contribution in [2.75, 3.05) is 17.3 Å². The molecule has 0 unspecified atom stereocenters. The van der Waals surface area contributed by atoms with Crippen molar-refractivity contribution >= 4 is 55.8 Å². The van der Waals surface area contributed by atoms with E-state index < -0.39 is 9.84 Å². The quantitative estimate of drug-likeness (QED) is 0.377. The molecule has 164 valence electrons. The van der Waals surface area contributed by atoms with Gasteiger partial charge in [0.05, 0.1) is 28.2 Å². The Bertz CT molecular complexity index is 1370. The number of thioether (sulfide) groups is 1. The molecule has 3 aromatic carbocycles. The van der Waals surface area contributed by atoms with E-state index in [4.69, 9.17) is 11.6 Å². The third-order valence-electron chi connectivity index (χ3n) is 4.76. The summed E-state index contributed by atoms with van der Waals surface area (Å²) in [6.45, 7) is 0.621. The highest BCUT2D eigenvalue weighted by molar-refractivity contribution is 7.99. The first-order valence-corrected chi connectivity index (χ1v) is 13.0. The Morgan fingerprint density at radius 1 is 1.06 bits per heavy atom. The number of amides is 1. The van der Waals surface area contributed by atoms with Crippen LogP contribution in [-0.2, 0) is 21.2 Å². The summed E-state index contributed by atoms with van der Waals surface area (Å²) < 4.78 is 25.2. The summed E-state index contributed by atoms with van der Waals surface area (Å²) in [6.07, 6.45) is 1.14. The summed E-state index contributed by atoms with van der Waals surface area (Å²) in [5, 5.41) is 4.11. The predicted molar refractivity (Wildman–Crippen MR) is 129 cm³/mol. The number of nitrogens with one attached hydrogen (secondary N) is 1. The zero-order valence-corrected chi connectivity index (χ0v) is 19.5. The third kappa shape index (κ3) is 5.32. The molecule has 6 nitrogen and oxygen atoms in total. The minimum atomic E-state index is -3.28. The summed E-state index contributed by atoms with van der Waals surface area (Å²) in [6, 6.07) is 21.7. The predicted octanol–water partition coefficient (Wildman–Crippen LogP) is 4.87. The molecule has 0 atom stereocenters. The van der Waals surface area contributed by atoms with Crippen LogP contribution in [0.2, 0.25) is 5.02 Å². The molecule has 0 fully saturated rings. The van der Waals surface area contributed by atoms with Gasteiger partial charge in [0, 0.05) is 17.0 Å². The van der Waals surface area contributed by atoms with Crippen LogP contribution in [0.4, 0.5) is 5.69 Å². The maximum absolute atomic E-state index is 12.5. The van der Waals surface area contributed by atoms with Crippen LogP contribution < -0.4 is 5.32 Å². The summed E-state index contributed by atoms with van der Waals surface area (Å²) in [5.41, 5.74) is 3.37. The Kier molecular flexibility index (Phi) is 6.55. The number of aromatic nitrogens is 2. The van der Waals surface area contributed by atoms with Gasteiger partial charge < -0.3 is 9.88 Å². The first-order valence-electron chi connectivity index (χ1n) is 9.72. The molecule has 4 rings (SSSR count). The lowest BCUT2D eigenvalue weighted by molar-refractivity contribution is -0.113. The minimum absolute atomic E-state index is 0.152. The number of fused-ring (bicyclic) bond motifs is 1. The summed E-state index contributed by atoms with van der Waals surface area (Å²) in [4.78, 5) is 17.4. The van der Waals surface area contributed by atoms with Gasteiger partial charge in [-0.3, -0.25) is 4.79 Å². The molecule has 4 aromatic rings. The van der Waals surface area contributed by atoms with Gasteiger partial charge in [0.1, 0.15) is 0 Å². The summed E-state index contributed by atoms with van der Waals surface area (Å²) >= 11 is 7.47. The molecular weight excluding hydrogens is 466 g/mol. The molecule has 0 saturated carbocycles. The van der Waals surface area contributed by atoms with Gasteiger partial charge in [-0.05, 0) is 48.0 Å². The van der Waals surface area contributed by atoms with Crippen LogP contribution in [0.5, 0.6) is 0 Å². The molecule has 0 spiro atoms. The number of halogens is 1. The topological polar surface area (TPSA) is 81.1 Å². The number of benzene rings is 3. The van der Waals surface area contributed by atoms with Crippen molar-refractivity contribution in [1.82, 2.24) is 9.55 Å². The standard InChI is InChI=1S/C23H20ClN3O3S2/c1-32(29,30)19-10-8-18(9-11-19)25-22(28)15-31-23-26-20-13-17(24)7-12-21(20)27(23)14-16-5-3-2-4-6-16/h2-13H,14-15H2,1H3,(H,25,28). The maximum atomic E-state index is 12.5. The molecule has 1 heterocycles. The third-order valence-corrected chi connectivity index (χ3v) is 7.10. The molecule has 9 heteroatoms. The molecular formula is C23H20ClN3O3S2. The van der Waals surface area contributed by atoms with E-state index >= 15 is 0 Å². The Morgan fingerprint density at radius 2 is 1.78 bits per heavy atom. The van der Waals surface area contributed by atoms with Crippen molar-refractivity contribution < 1.29 is 13.2 Å². The molecule has 0 aliphatic heterocycles. The first-order chi connectivity index (χ1) is 15.3. The fourth-order valence-corrected chi connectivity index (χ4v) is 4.83. The lowest BCUT2D eigenvalue weighted by atomic mass is 10.2. The van der Waals surface area contributed by atoms with E-state index in [1.807, 2.05) is 48.5 Å². The van der Waals surface area contributed by atoms with E-state index in [1.54, 1.807) is 12.1 Å². The zero-order valence-electron chi connectivity index (χ0n) is 17.2. The average Bonchev–Trinajstić information content (AvgIpc) is 3.09. The minimum Gasteiger partial charge on any atom is -0.325 e. The van der Waals surface area contributed by atoms with Gasteiger partial charge in [0.15, 0.2) is 15.0 Å². The Hall–Kier alpha value is -2.81. The van der Waals surface area contributed by atoms with Crippen LogP contribution in [-0.4, -0.2) is 35.9 Å². The van der Waals surface area contributed by atoms with E-state index in [9.17, 15) is 13.2 Å². The number of imidazole rings is 1. The molecule has 0 bridgehead atoms. The number of rotatable bonds is 7. The fraction of sp³-hybridized carbons (Fsp3) is 0.130. The lowest BCUT2D eigenvalue weighted by Gasteiger charge is -2.10. The monoisotopic (exact) mass is 485 g/mol. The van der Waals surface area contributed by atoms with Crippen molar-refractivity contribution in [3.63, 3.8) is 0 Å². The molecule has 1 amide bonds. The number of carbonyl (C=O) groups excluding carboxylic acids is 1. The molecule has 0 aliphatic carbocycles. The average molecular weight is 486 g/mol. The molecule has 0 saturated heterocycles. The van der Waals surface area contributed by atoms with Gasteiger partial charge in [-0.25, -0.2) is 13.4 Å². The van der Waals surface area contributed by atoms with Gasteiger partial charge in [-0.2, -0.15) is 0 Å². The van der Waals surface area contributed by atoms with Crippen LogP contribution in [0.15, 0.2) is 82.8 Å². The van der Waals surface area contributed by atoms with Crippen molar-refractivity contribution in [3.8, 4) is 0 Å². The van der Waals surface area contributed by atoms with Crippen molar-refractivity contribution in [2.45, 2.75) is 16.6 Å². The highest BCUT2D eigenvalue weighted by atomic mass is 35.5. The van der Waals surface area contributed by atoms with E-state index in [0.29, 0.717) is 22.4 Å². The smallest absolute Gasteiger partial charge is 0.234 e. The number of nitrogens with zero attached hydrogens (tertiary/aromatic N) is 2. The van der Waals surface area contributed by atoms with Crippen LogP contribution in [0.25, 0.3) is 11.0 Å². The van der Waals surface area contributed by atoms with Crippen LogP contribution in [0, 0.1) is 0 Å². The molecule has 32 heavy (non-hydrogen) atoms. The number of hydrogen-bond acceptors (Lipinski definition) is 5. The highest BCUT2D eigenvalue weighted by Gasteiger charge is 2.14. The van der Waals surface area contributed by atoms with E-state index in [2.05, 4.69) is 14.9 Å². The van der Waals surface area contributed by atoms with Gasteiger partial charge in [-0.15, -0.1) is 0 Å². The molecule has 0 aliphatic rings. The number of carbonyl (C=O) groups is 1. The van der Waals surface area contributed by atoms with Crippen LogP contribution in [0.3, 0.4) is 0 Å². The number of sulfone groups is 1. The summed E-state index contributed by atoms with van der Waals surface area (Å²) in [5.74, 6) is -0.0573. The van der Waals surface area contributed by atoms with Crippen molar-refractivity contribution in [2.24, 2.45) is 0 Å². The highest BCUT2D eigenvalue weighted by Crippen LogP contribution is 2.27. The van der Waals surface area contributed by atoms with E-state index in [1.165, 1.54) is 23.9 Å². The lowest BCUT2D eigenvalue weighted by Crippen LogP contribution is -2.14. The first kappa shape index (κ1) is 22.4. The molecule has 1 N–H and O–H groups in total. The van der Waals surface area contributed by atoms with Gasteiger partial charge >= 0.3 is 0 Å². The second kappa shape index (κ2) is 9.36. The Morgan fingerprint density at radius 3 is 2.47 bits per heavy atom. The Labute approximate surface area is 195 Å². The normalized spacial score (nSPS) is 11.6. The maximum Gasteiger partial charge on any atom is 0.234 e. The largest absolute Gasteiger partial charge is 0.325 e. The number of anilines is 1. The van der Waals surface area contributed by atoms with Gasteiger partial charge in [0.2, 0.25) is 5.91 Å². The van der Waals surface area contributed by atoms with Crippen molar-refractivity contribution in [3.05, 3.63) is 83.4 Å². The Balaban J connectivity index is 1.51. The second-order valence-corrected chi connectivity index (χ2v) is 10.6. The molecule has 1 aromatic heterocycles. The SMILES string of the molecule is CS(=O)(=O)c1ccc(NC(=O)CSc2nc3cc(Cl)ccc3n2Cc2ccccc2)cc1. The fourth-order valence-electron chi connectivity index (χ4n) is 3.22. The van der Waals surface area contributed by atoms with Crippen molar-refractivity contribution in [1.29, 1.82) is 0 Å². The van der Waals surface area contributed by atoms with Gasteiger partial charge in [-0.1, -0.05) is 53.7 Å². The number of hydrogen-bond donors (Lipinski definition) is 1. The zero-order chi connectivity index (χ0) is 22.7. The van der Waals surface area contributed by atoms with Crippen LogP contribution >= 0.6 is 23.4 Å². The van der Waals surface area contributed by atoms with E-state index in [0.717, 1.165) is 22.9 Å². The van der Waals surface area contributed by atoms with Crippen LogP contribution in [0.1, 0.15) is 5.56 Å². The second-order valence-electron chi connectivity index (χ2n) is 7.23. The summed E-state index contributed by atoms with van der Waals surface area (Å²) in [7, 11) is -3.28. The van der Waals surface area contributed by atoms with Gasteiger partial charge in [0.25, 0.3) is 0 Å².